The first-order valence-electron chi connectivity index (χ1n) is 7.68. The molecule has 1 fully saturated rings. The molecule has 1 aromatic rings. The van der Waals surface area contributed by atoms with Crippen molar-refractivity contribution in [3.8, 4) is 0 Å². The molecule has 0 bridgehead atoms. The predicted octanol–water partition coefficient (Wildman–Crippen LogP) is 2.57. The Morgan fingerprint density at radius 3 is 2.55 bits per heavy atom. The molecule has 0 aliphatic heterocycles. The molecule has 1 aromatic heterocycles. The van der Waals surface area contributed by atoms with E-state index in [0.717, 1.165) is 18.4 Å². The Kier molecular flexibility index (Phi) is 5.99. The Hall–Kier alpha value is -1.42. The Labute approximate surface area is 121 Å². The summed E-state index contributed by atoms with van der Waals surface area (Å²) in [5, 5.41) is 6.42. The summed E-state index contributed by atoms with van der Waals surface area (Å²) >= 11 is 0. The molecule has 4 nitrogen and oxygen atoms in total. The monoisotopic (exact) mass is 275 g/mol. The van der Waals surface area contributed by atoms with Crippen LogP contribution in [0.3, 0.4) is 0 Å². The molecule has 4 heteroatoms. The molecule has 1 amide bonds. The first-order chi connectivity index (χ1) is 9.75. The molecule has 110 valence electrons. The third kappa shape index (κ3) is 4.93. The molecule has 1 atom stereocenters. The van der Waals surface area contributed by atoms with Crippen LogP contribution in [-0.4, -0.2) is 23.5 Å². The lowest BCUT2D eigenvalue weighted by Gasteiger charge is -2.18. The minimum Gasteiger partial charge on any atom is -0.352 e. The maximum absolute atomic E-state index is 12.0. The molecule has 1 heterocycles. The topological polar surface area (TPSA) is 54.0 Å². The highest BCUT2D eigenvalue weighted by Crippen LogP contribution is 2.17. The molecule has 2 N–H and O–H groups in total. The van der Waals surface area contributed by atoms with E-state index in [0.29, 0.717) is 12.6 Å². The van der Waals surface area contributed by atoms with Gasteiger partial charge in [0.2, 0.25) is 5.91 Å². The maximum Gasteiger partial charge on any atom is 0.234 e. The summed E-state index contributed by atoms with van der Waals surface area (Å²) in [7, 11) is 0. The van der Waals surface area contributed by atoms with Gasteiger partial charge in [-0.15, -0.1) is 0 Å². The van der Waals surface area contributed by atoms with Crippen LogP contribution < -0.4 is 10.6 Å². The first kappa shape index (κ1) is 15.0. The lowest BCUT2D eigenvalue weighted by atomic mass is 10.1. The summed E-state index contributed by atoms with van der Waals surface area (Å²) < 4.78 is 0. The van der Waals surface area contributed by atoms with Gasteiger partial charge in [0.15, 0.2) is 0 Å². The minimum absolute atomic E-state index is 0.109. The van der Waals surface area contributed by atoms with Gasteiger partial charge in [-0.3, -0.25) is 9.78 Å². The van der Waals surface area contributed by atoms with E-state index in [2.05, 4.69) is 22.5 Å². The highest BCUT2D eigenvalue weighted by atomic mass is 16.1. The molecule has 0 saturated heterocycles. The van der Waals surface area contributed by atoms with E-state index in [1.165, 1.54) is 25.7 Å². The Morgan fingerprint density at radius 1 is 1.25 bits per heavy atom. The standard InChI is InChI=1S/C16H25N3O/c1-13(14-8-10-17-11-9-14)18-12-16(20)19-15-6-4-2-3-5-7-15/h8-11,13,15,18H,2-7,12H2,1H3,(H,19,20)/t13-/m0/s1. The predicted molar refractivity (Wildman–Crippen MR) is 80.3 cm³/mol. The van der Waals surface area contributed by atoms with E-state index >= 15 is 0 Å². The van der Waals surface area contributed by atoms with E-state index in [9.17, 15) is 4.79 Å². The summed E-state index contributed by atoms with van der Waals surface area (Å²) in [5.74, 6) is 0.109. The summed E-state index contributed by atoms with van der Waals surface area (Å²) in [6, 6.07) is 4.49. The van der Waals surface area contributed by atoms with Crippen LogP contribution in [0.15, 0.2) is 24.5 Å². The molecule has 0 radical (unpaired) electrons. The molecule has 1 aliphatic carbocycles. The van der Waals surface area contributed by atoms with Crippen molar-refractivity contribution >= 4 is 5.91 Å². The van der Waals surface area contributed by atoms with Crippen molar-refractivity contribution in [2.45, 2.75) is 57.5 Å². The van der Waals surface area contributed by atoms with Crippen molar-refractivity contribution in [3.63, 3.8) is 0 Å². The maximum atomic E-state index is 12.0. The third-order valence-corrected chi connectivity index (χ3v) is 4.00. The number of pyridine rings is 1. The molecule has 0 aromatic carbocycles. The van der Waals surface area contributed by atoms with E-state index in [4.69, 9.17) is 0 Å². The van der Waals surface area contributed by atoms with Gasteiger partial charge in [-0.05, 0) is 37.5 Å². The molecule has 0 unspecified atom stereocenters. The fourth-order valence-electron chi connectivity index (χ4n) is 2.72. The number of nitrogens with zero attached hydrogens (tertiary/aromatic N) is 1. The molecule has 0 spiro atoms. The number of hydrogen-bond donors (Lipinski definition) is 2. The third-order valence-electron chi connectivity index (χ3n) is 4.00. The smallest absolute Gasteiger partial charge is 0.234 e. The molecule has 2 rings (SSSR count). The summed E-state index contributed by atoms with van der Waals surface area (Å²) in [6.45, 7) is 2.44. The summed E-state index contributed by atoms with van der Waals surface area (Å²) in [4.78, 5) is 16.0. The minimum atomic E-state index is 0.109. The molecular weight excluding hydrogens is 250 g/mol. The van der Waals surface area contributed by atoms with Crippen LogP contribution in [0.5, 0.6) is 0 Å². The van der Waals surface area contributed by atoms with Crippen LogP contribution in [0.2, 0.25) is 0 Å². The Morgan fingerprint density at radius 2 is 1.90 bits per heavy atom. The average molecular weight is 275 g/mol. The van der Waals surface area contributed by atoms with Crippen LogP contribution in [0.4, 0.5) is 0 Å². The van der Waals surface area contributed by atoms with E-state index in [-0.39, 0.29) is 11.9 Å². The summed E-state index contributed by atoms with van der Waals surface area (Å²) in [6.07, 6.45) is 10.9. The lowest BCUT2D eigenvalue weighted by molar-refractivity contribution is -0.121. The molecule has 1 aliphatic rings. The SMILES string of the molecule is C[C@H](NCC(=O)NC1CCCCCC1)c1ccncc1. The molecule has 1 saturated carbocycles. The lowest BCUT2D eigenvalue weighted by Crippen LogP contribution is -2.40. The number of hydrogen-bond acceptors (Lipinski definition) is 3. The van der Waals surface area contributed by atoms with Gasteiger partial charge in [0.1, 0.15) is 0 Å². The highest BCUT2D eigenvalue weighted by molar-refractivity contribution is 5.78. The van der Waals surface area contributed by atoms with Crippen molar-refractivity contribution in [1.29, 1.82) is 0 Å². The number of nitrogens with one attached hydrogen (secondary N) is 2. The molecule has 20 heavy (non-hydrogen) atoms. The van der Waals surface area contributed by atoms with Gasteiger partial charge in [-0.2, -0.15) is 0 Å². The zero-order chi connectivity index (χ0) is 14.2. The van der Waals surface area contributed by atoms with E-state index in [1.54, 1.807) is 12.4 Å². The average Bonchev–Trinajstić information content (AvgIpc) is 2.74. The Bertz CT molecular complexity index is 399. The Balaban J connectivity index is 1.71. The van der Waals surface area contributed by atoms with Crippen LogP contribution in [0, 0.1) is 0 Å². The largest absolute Gasteiger partial charge is 0.352 e. The van der Waals surface area contributed by atoms with Gasteiger partial charge in [0.05, 0.1) is 6.54 Å². The van der Waals surface area contributed by atoms with Crippen molar-refractivity contribution in [2.75, 3.05) is 6.54 Å². The van der Waals surface area contributed by atoms with Crippen LogP contribution in [-0.2, 0) is 4.79 Å². The number of amides is 1. The van der Waals surface area contributed by atoms with Crippen LogP contribution in [0.25, 0.3) is 0 Å². The number of carbonyl (C=O) groups excluding carboxylic acids is 1. The van der Waals surface area contributed by atoms with Crippen molar-refractivity contribution in [1.82, 2.24) is 15.6 Å². The first-order valence-corrected chi connectivity index (χ1v) is 7.68. The quantitative estimate of drug-likeness (QED) is 0.812. The van der Waals surface area contributed by atoms with Crippen molar-refractivity contribution in [3.05, 3.63) is 30.1 Å². The van der Waals surface area contributed by atoms with E-state index in [1.807, 2.05) is 12.1 Å². The van der Waals surface area contributed by atoms with E-state index < -0.39 is 0 Å². The fraction of sp³-hybridized carbons (Fsp3) is 0.625. The zero-order valence-electron chi connectivity index (χ0n) is 12.3. The second-order valence-corrected chi connectivity index (χ2v) is 5.64. The number of rotatable bonds is 5. The van der Waals surface area contributed by atoms with Gasteiger partial charge < -0.3 is 10.6 Å². The van der Waals surface area contributed by atoms with Crippen molar-refractivity contribution < 1.29 is 4.79 Å². The van der Waals surface area contributed by atoms with Crippen LogP contribution in [0.1, 0.15) is 57.1 Å². The summed E-state index contributed by atoms with van der Waals surface area (Å²) in [5.41, 5.74) is 1.15. The highest BCUT2D eigenvalue weighted by Gasteiger charge is 2.15. The molecular formula is C16H25N3O. The van der Waals surface area contributed by atoms with Crippen LogP contribution >= 0.6 is 0 Å². The van der Waals surface area contributed by atoms with Gasteiger partial charge in [-0.1, -0.05) is 25.7 Å². The van der Waals surface area contributed by atoms with Gasteiger partial charge >= 0.3 is 0 Å². The van der Waals surface area contributed by atoms with Gasteiger partial charge in [0, 0.05) is 24.5 Å². The number of carbonyl (C=O) groups is 1. The normalized spacial score (nSPS) is 18.2. The second-order valence-electron chi connectivity index (χ2n) is 5.64. The van der Waals surface area contributed by atoms with Crippen molar-refractivity contribution in [2.24, 2.45) is 0 Å². The second kappa shape index (κ2) is 8.00. The zero-order valence-corrected chi connectivity index (χ0v) is 12.3. The van der Waals surface area contributed by atoms with Gasteiger partial charge in [0.25, 0.3) is 0 Å². The number of aromatic nitrogens is 1. The fourth-order valence-corrected chi connectivity index (χ4v) is 2.72. The van der Waals surface area contributed by atoms with Gasteiger partial charge in [-0.25, -0.2) is 0 Å².